The average Bonchev–Trinajstić information content (AvgIpc) is 3.18. The number of amides is 1. The molecule has 8 heteroatoms. The molecule has 0 bridgehead atoms. The molecule has 0 radical (unpaired) electrons. The van der Waals surface area contributed by atoms with Crippen molar-refractivity contribution >= 4 is 34.5 Å². The fourth-order valence-corrected chi connectivity index (χ4v) is 3.75. The number of aromatic nitrogens is 4. The van der Waals surface area contributed by atoms with E-state index in [0.29, 0.717) is 28.3 Å². The van der Waals surface area contributed by atoms with Crippen LogP contribution in [0.2, 0.25) is 4.47 Å². The highest BCUT2D eigenvalue weighted by atomic mass is 35.5. The molecule has 1 amide bonds. The van der Waals surface area contributed by atoms with E-state index in [-0.39, 0.29) is 5.91 Å². The first-order chi connectivity index (χ1) is 12.0. The summed E-state index contributed by atoms with van der Waals surface area (Å²) in [6, 6.07) is 7.61. The third-order valence-electron chi connectivity index (χ3n) is 3.50. The SMILES string of the molecule is CC(C)Cc1sc(Cl)nc1C(=O)Nc1ccc(Cn2cncn2)cc1. The Bertz CT molecular complexity index is 843. The van der Waals surface area contributed by atoms with Gasteiger partial charge < -0.3 is 5.32 Å². The minimum absolute atomic E-state index is 0.233. The van der Waals surface area contributed by atoms with E-state index in [1.807, 2.05) is 24.3 Å². The lowest BCUT2D eigenvalue weighted by Gasteiger charge is -2.08. The maximum atomic E-state index is 12.5. The van der Waals surface area contributed by atoms with E-state index in [9.17, 15) is 4.79 Å². The Balaban J connectivity index is 1.69. The fourth-order valence-electron chi connectivity index (χ4n) is 2.39. The zero-order valence-corrected chi connectivity index (χ0v) is 15.5. The van der Waals surface area contributed by atoms with Gasteiger partial charge in [0.2, 0.25) is 0 Å². The van der Waals surface area contributed by atoms with E-state index in [2.05, 4.69) is 34.2 Å². The Labute approximate surface area is 154 Å². The van der Waals surface area contributed by atoms with Crippen molar-refractivity contribution < 1.29 is 4.79 Å². The number of halogens is 1. The highest BCUT2D eigenvalue weighted by Crippen LogP contribution is 2.26. The number of hydrogen-bond acceptors (Lipinski definition) is 5. The molecule has 0 atom stereocenters. The van der Waals surface area contributed by atoms with Gasteiger partial charge in [-0.05, 0) is 30.0 Å². The smallest absolute Gasteiger partial charge is 0.275 e. The lowest BCUT2D eigenvalue weighted by Crippen LogP contribution is -2.15. The summed E-state index contributed by atoms with van der Waals surface area (Å²) < 4.78 is 2.13. The van der Waals surface area contributed by atoms with Gasteiger partial charge in [-0.25, -0.2) is 14.6 Å². The molecule has 6 nitrogen and oxygen atoms in total. The number of nitrogens with one attached hydrogen (secondary N) is 1. The van der Waals surface area contributed by atoms with Crippen LogP contribution in [0.4, 0.5) is 5.69 Å². The van der Waals surface area contributed by atoms with Crippen LogP contribution in [-0.4, -0.2) is 25.7 Å². The van der Waals surface area contributed by atoms with Crippen molar-refractivity contribution in [2.24, 2.45) is 5.92 Å². The van der Waals surface area contributed by atoms with Gasteiger partial charge in [-0.15, -0.1) is 11.3 Å². The van der Waals surface area contributed by atoms with Gasteiger partial charge in [0.15, 0.2) is 4.47 Å². The first kappa shape index (κ1) is 17.6. The molecule has 0 unspecified atom stereocenters. The van der Waals surface area contributed by atoms with Crippen LogP contribution in [0, 0.1) is 5.92 Å². The van der Waals surface area contributed by atoms with Gasteiger partial charge in [0, 0.05) is 10.6 Å². The molecule has 0 fully saturated rings. The predicted octanol–water partition coefficient (Wildman–Crippen LogP) is 3.89. The fraction of sp³-hybridized carbons (Fsp3) is 0.294. The van der Waals surface area contributed by atoms with Crippen LogP contribution in [0.3, 0.4) is 0 Å². The highest BCUT2D eigenvalue weighted by molar-refractivity contribution is 7.16. The number of rotatable bonds is 6. The number of anilines is 1. The highest BCUT2D eigenvalue weighted by Gasteiger charge is 2.18. The molecule has 1 aromatic carbocycles. The van der Waals surface area contributed by atoms with Gasteiger partial charge in [0.25, 0.3) is 5.91 Å². The van der Waals surface area contributed by atoms with E-state index in [1.54, 1.807) is 11.0 Å². The van der Waals surface area contributed by atoms with Crippen molar-refractivity contribution in [3.8, 4) is 0 Å². The average molecular weight is 376 g/mol. The molecule has 25 heavy (non-hydrogen) atoms. The van der Waals surface area contributed by atoms with Crippen LogP contribution in [-0.2, 0) is 13.0 Å². The summed E-state index contributed by atoms with van der Waals surface area (Å²) in [7, 11) is 0. The Morgan fingerprint density at radius 3 is 2.72 bits per heavy atom. The van der Waals surface area contributed by atoms with Crippen molar-refractivity contribution in [2.75, 3.05) is 5.32 Å². The Kier molecular flexibility index (Phi) is 5.45. The normalized spacial score (nSPS) is 11.0. The van der Waals surface area contributed by atoms with Crippen molar-refractivity contribution in [1.29, 1.82) is 0 Å². The number of benzene rings is 1. The number of carbonyl (C=O) groups is 1. The van der Waals surface area contributed by atoms with E-state index in [4.69, 9.17) is 11.6 Å². The summed E-state index contributed by atoms with van der Waals surface area (Å²) in [4.78, 5) is 21.5. The van der Waals surface area contributed by atoms with Gasteiger partial charge in [0.1, 0.15) is 18.3 Å². The predicted molar refractivity (Wildman–Crippen MR) is 99.2 cm³/mol. The first-order valence-electron chi connectivity index (χ1n) is 7.89. The van der Waals surface area contributed by atoms with Crippen LogP contribution < -0.4 is 5.32 Å². The van der Waals surface area contributed by atoms with Crippen LogP contribution in [0.5, 0.6) is 0 Å². The van der Waals surface area contributed by atoms with Crippen LogP contribution in [0.25, 0.3) is 0 Å². The second-order valence-corrected chi connectivity index (χ2v) is 7.75. The van der Waals surface area contributed by atoms with Crippen molar-refractivity contribution in [1.82, 2.24) is 19.7 Å². The molecule has 130 valence electrons. The van der Waals surface area contributed by atoms with E-state index in [0.717, 1.165) is 16.9 Å². The molecule has 3 rings (SSSR count). The molecule has 0 aliphatic heterocycles. The van der Waals surface area contributed by atoms with Crippen molar-refractivity contribution in [3.63, 3.8) is 0 Å². The first-order valence-corrected chi connectivity index (χ1v) is 9.08. The quantitative estimate of drug-likeness (QED) is 0.709. The van der Waals surface area contributed by atoms with Crippen molar-refractivity contribution in [2.45, 2.75) is 26.8 Å². The third kappa shape index (κ3) is 4.64. The van der Waals surface area contributed by atoms with Gasteiger partial charge in [-0.1, -0.05) is 37.6 Å². The molecule has 0 aliphatic carbocycles. The van der Waals surface area contributed by atoms with Gasteiger partial charge in [-0.2, -0.15) is 5.10 Å². The van der Waals surface area contributed by atoms with Gasteiger partial charge in [0.05, 0.1) is 6.54 Å². The topological polar surface area (TPSA) is 72.7 Å². The third-order valence-corrected chi connectivity index (χ3v) is 4.69. The number of hydrogen-bond donors (Lipinski definition) is 1. The van der Waals surface area contributed by atoms with Crippen LogP contribution in [0.1, 0.15) is 34.8 Å². The van der Waals surface area contributed by atoms with E-state index in [1.165, 1.54) is 17.7 Å². The van der Waals surface area contributed by atoms with E-state index >= 15 is 0 Å². The largest absolute Gasteiger partial charge is 0.321 e. The second kappa shape index (κ2) is 7.76. The summed E-state index contributed by atoms with van der Waals surface area (Å²) in [5.74, 6) is 0.196. The van der Waals surface area contributed by atoms with Gasteiger partial charge in [-0.3, -0.25) is 4.79 Å². The lowest BCUT2D eigenvalue weighted by molar-refractivity contribution is 0.102. The number of carbonyl (C=O) groups excluding carboxylic acids is 1. The molecule has 0 saturated carbocycles. The molecule has 0 saturated heterocycles. The monoisotopic (exact) mass is 375 g/mol. The molecule has 0 aliphatic rings. The number of nitrogens with zero attached hydrogens (tertiary/aromatic N) is 4. The van der Waals surface area contributed by atoms with Gasteiger partial charge >= 0.3 is 0 Å². The van der Waals surface area contributed by atoms with Crippen LogP contribution in [0.15, 0.2) is 36.9 Å². The Morgan fingerprint density at radius 2 is 2.08 bits per heavy atom. The molecule has 2 heterocycles. The maximum Gasteiger partial charge on any atom is 0.275 e. The minimum atomic E-state index is -0.233. The van der Waals surface area contributed by atoms with Crippen molar-refractivity contribution in [3.05, 3.63) is 57.5 Å². The van der Waals surface area contributed by atoms with Crippen LogP contribution >= 0.6 is 22.9 Å². The Hall–Kier alpha value is -2.25. The zero-order chi connectivity index (χ0) is 17.8. The minimum Gasteiger partial charge on any atom is -0.321 e. The molecular weight excluding hydrogens is 358 g/mol. The zero-order valence-electron chi connectivity index (χ0n) is 13.9. The molecule has 3 aromatic rings. The standard InChI is InChI=1S/C17H18ClN5OS/c1-11(2)7-14-15(22-17(18)25-14)16(24)21-13-5-3-12(4-6-13)8-23-10-19-9-20-23/h3-6,9-11H,7-8H2,1-2H3,(H,21,24). The van der Waals surface area contributed by atoms with E-state index < -0.39 is 0 Å². The summed E-state index contributed by atoms with van der Waals surface area (Å²) >= 11 is 7.36. The second-order valence-electron chi connectivity index (χ2n) is 6.08. The lowest BCUT2D eigenvalue weighted by atomic mass is 10.1. The molecule has 1 N–H and O–H groups in total. The summed E-state index contributed by atoms with van der Waals surface area (Å²) in [6.45, 7) is 4.83. The summed E-state index contributed by atoms with van der Waals surface area (Å²) in [6.07, 6.45) is 3.95. The Morgan fingerprint density at radius 1 is 1.32 bits per heavy atom. The summed E-state index contributed by atoms with van der Waals surface area (Å²) in [5.41, 5.74) is 2.20. The molecule has 0 spiro atoms. The maximum absolute atomic E-state index is 12.5. The summed E-state index contributed by atoms with van der Waals surface area (Å²) in [5, 5.41) is 6.96. The molecular formula is C17H18ClN5OS. The molecule has 2 aromatic heterocycles. The number of thiazole rings is 1.